The van der Waals surface area contributed by atoms with E-state index in [1.54, 1.807) is 4.90 Å². The van der Waals surface area contributed by atoms with Gasteiger partial charge < -0.3 is 10.6 Å². The van der Waals surface area contributed by atoms with Crippen LogP contribution in [0.4, 0.5) is 5.69 Å². The number of anilines is 1. The predicted octanol–water partition coefficient (Wildman–Crippen LogP) is 3.03. The lowest BCUT2D eigenvalue weighted by Gasteiger charge is -2.20. The van der Waals surface area contributed by atoms with Crippen LogP contribution < -0.4 is 10.6 Å². The molecule has 1 amide bonds. The number of hydrogen-bond acceptors (Lipinski definition) is 2. The molecule has 1 aliphatic rings. The van der Waals surface area contributed by atoms with Crippen LogP contribution in [0.5, 0.6) is 0 Å². The highest BCUT2D eigenvalue weighted by atomic mass is 16.2. The highest BCUT2D eigenvalue weighted by Gasteiger charge is 2.20. The SMILES string of the molecule is CN1C(=O)CCCc2cc(C(N)c3ccccc3)ccc21. The van der Waals surface area contributed by atoms with Gasteiger partial charge in [-0.05, 0) is 35.6 Å². The third kappa shape index (κ3) is 2.69. The molecule has 1 aliphatic heterocycles. The fraction of sp³-hybridized carbons (Fsp3) is 0.278. The van der Waals surface area contributed by atoms with Crippen molar-refractivity contribution < 1.29 is 4.79 Å². The molecule has 2 aromatic rings. The van der Waals surface area contributed by atoms with E-state index in [0.717, 1.165) is 29.7 Å². The highest BCUT2D eigenvalue weighted by Crippen LogP contribution is 2.30. The van der Waals surface area contributed by atoms with Gasteiger partial charge in [-0.15, -0.1) is 0 Å². The van der Waals surface area contributed by atoms with Crippen molar-refractivity contribution in [2.24, 2.45) is 5.73 Å². The Morgan fingerprint density at radius 3 is 2.57 bits per heavy atom. The summed E-state index contributed by atoms with van der Waals surface area (Å²) in [4.78, 5) is 13.7. The minimum absolute atomic E-state index is 0.124. The Bertz CT molecular complexity index is 652. The van der Waals surface area contributed by atoms with Gasteiger partial charge >= 0.3 is 0 Å². The van der Waals surface area contributed by atoms with Crippen molar-refractivity contribution in [3.8, 4) is 0 Å². The van der Waals surface area contributed by atoms with Crippen molar-refractivity contribution in [1.29, 1.82) is 0 Å². The zero-order valence-corrected chi connectivity index (χ0v) is 12.3. The molecule has 0 radical (unpaired) electrons. The Labute approximate surface area is 125 Å². The lowest BCUT2D eigenvalue weighted by Crippen LogP contribution is -2.25. The Kier molecular flexibility index (Phi) is 3.76. The van der Waals surface area contributed by atoms with Crippen molar-refractivity contribution in [3.05, 3.63) is 65.2 Å². The van der Waals surface area contributed by atoms with Gasteiger partial charge in [0.15, 0.2) is 0 Å². The number of carbonyl (C=O) groups excluding carboxylic acids is 1. The van der Waals surface area contributed by atoms with Crippen LogP contribution in [0.15, 0.2) is 48.5 Å². The second kappa shape index (κ2) is 5.70. The molecular weight excluding hydrogens is 260 g/mol. The van der Waals surface area contributed by atoms with Crippen LogP contribution in [0.25, 0.3) is 0 Å². The number of nitrogens with two attached hydrogens (primary N) is 1. The summed E-state index contributed by atoms with van der Waals surface area (Å²) < 4.78 is 0. The number of rotatable bonds is 2. The summed E-state index contributed by atoms with van der Waals surface area (Å²) in [5.74, 6) is 0.189. The predicted molar refractivity (Wildman–Crippen MR) is 85.3 cm³/mol. The molecule has 0 bridgehead atoms. The molecule has 0 spiro atoms. The zero-order valence-electron chi connectivity index (χ0n) is 12.3. The van der Waals surface area contributed by atoms with Gasteiger partial charge in [0.05, 0.1) is 6.04 Å². The smallest absolute Gasteiger partial charge is 0.226 e. The first-order chi connectivity index (χ1) is 10.2. The van der Waals surface area contributed by atoms with E-state index in [2.05, 4.69) is 6.07 Å². The average molecular weight is 280 g/mol. The molecule has 3 rings (SSSR count). The van der Waals surface area contributed by atoms with Gasteiger partial charge in [0.2, 0.25) is 5.91 Å². The number of benzene rings is 2. The third-order valence-corrected chi connectivity index (χ3v) is 4.19. The maximum atomic E-state index is 11.9. The van der Waals surface area contributed by atoms with E-state index in [-0.39, 0.29) is 11.9 Å². The van der Waals surface area contributed by atoms with E-state index < -0.39 is 0 Å². The standard InChI is InChI=1S/C18H20N2O/c1-20-16-11-10-15(12-14(16)8-5-9-17(20)21)18(19)13-6-3-2-4-7-13/h2-4,6-7,10-12,18H,5,8-9,19H2,1H3. The van der Waals surface area contributed by atoms with Gasteiger partial charge in [-0.3, -0.25) is 4.79 Å². The molecule has 2 N–H and O–H groups in total. The van der Waals surface area contributed by atoms with Crippen molar-refractivity contribution in [1.82, 2.24) is 0 Å². The molecule has 108 valence electrons. The van der Waals surface area contributed by atoms with E-state index in [4.69, 9.17) is 5.73 Å². The van der Waals surface area contributed by atoms with Gasteiger partial charge in [-0.25, -0.2) is 0 Å². The molecule has 0 saturated carbocycles. The van der Waals surface area contributed by atoms with E-state index in [1.807, 2.05) is 49.5 Å². The van der Waals surface area contributed by atoms with Crippen molar-refractivity contribution >= 4 is 11.6 Å². The van der Waals surface area contributed by atoms with Crippen LogP contribution in [0.3, 0.4) is 0 Å². The number of fused-ring (bicyclic) bond motifs is 1. The van der Waals surface area contributed by atoms with Gasteiger partial charge in [-0.1, -0.05) is 42.5 Å². The maximum Gasteiger partial charge on any atom is 0.226 e. The second-order valence-electron chi connectivity index (χ2n) is 5.58. The fourth-order valence-corrected chi connectivity index (χ4v) is 2.91. The summed E-state index contributed by atoms with van der Waals surface area (Å²) in [6.45, 7) is 0. The molecule has 3 heteroatoms. The number of nitrogens with zero attached hydrogens (tertiary/aromatic N) is 1. The molecule has 1 heterocycles. The van der Waals surface area contributed by atoms with E-state index in [1.165, 1.54) is 5.56 Å². The molecule has 3 nitrogen and oxygen atoms in total. The monoisotopic (exact) mass is 280 g/mol. The van der Waals surface area contributed by atoms with Crippen molar-refractivity contribution in [3.63, 3.8) is 0 Å². The second-order valence-corrected chi connectivity index (χ2v) is 5.58. The fourth-order valence-electron chi connectivity index (χ4n) is 2.91. The summed E-state index contributed by atoms with van der Waals surface area (Å²) in [6.07, 6.45) is 2.45. The number of aryl methyl sites for hydroxylation is 1. The summed E-state index contributed by atoms with van der Waals surface area (Å²) in [5.41, 5.74) is 10.8. The van der Waals surface area contributed by atoms with E-state index in [0.29, 0.717) is 6.42 Å². The first-order valence-corrected chi connectivity index (χ1v) is 7.37. The number of hydrogen-bond donors (Lipinski definition) is 1. The van der Waals surface area contributed by atoms with Gasteiger partial charge in [-0.2, -0.15) is 0 Å². The largest absolute Gasteiger partial charge is 0.320 e. The molecule has 0 saturated heterocycles. The van der Waals surface area contributed by atoms with Crippen LogP contribution in [-0.2, 0) is 11.2 Å². The number of carbonyl (C=O) groups is 1. The lowest BCUT2D eigenvalue weighted by molar-refractivity contribution is -0.118. The quantitative estimate of drug-likeness (QED) is 0.919. The van der Waals surface area contributed by atoms with Crippen LogP contribution >= 0.6 is 0 Å². The Hall–Kier alpha value is -2.13. The van der Waals surface area contributed by atoms with Crippen LogP contribution in [0.1, 0.15) is 35.6 Å². The van der Waals surface area contributed by atoms with Gasteiger partial charge in [0.1, 0.15) is 0 Å². The van der Waals surface area contributed by atoms with Crippen LogP contribution in [0, 0.1) is 0 Å². The Morgan fingerprint density at radius 2 is 1.81 bits per heavy atom. The van der Waals surface area contributed by atoms with Gasteiger partial charge in [0, 0.05) is 19.2 Å². The summed E-state index contributed by atoms with van der Waals surface area (Å²) >= 11 is 0. The molecule has 21 heavy (non-hydrogen) atoms. The van der Waals surface area contributed by atoms with Crippen molar-refractivity contribution in [2.45, 2.75) is 25.3 Å². The molecule has 0 aromatic heterocycles. The van der Waals surface area contributed by atoms with E-state index >= 15 is 0 Å². The zero-order chi connectivity index (χ0) is 14.8. The summed E-state index contributed by atoms with van der Waals surface area (Å²) in [5, 5.41) is 0. The highest BCUT2D eigenvalue weighted by molar-refractivity contribution is 5.94. The van der Waals surface area contributed by atoms with Crippen LogP contribution in [-0.4, -0.2) is 13.0 Å². The Morgan fingerprint density at radius 1 is 1.05 bits per heavy atom. The minimum atomic E-state index is -0.124. The third-order valence-electron chi connectivity index (χ3n) is 4.19. The normalized spacial score (nSPS) is 16.3. The molecule has 0 aliphatic carbocycles. The topological polar surface area (TPSA) is 46.3 Å². The first kappa shape index (κ1) is 13.8. The molecule has 0 fully saturated rings. The minimum Gasteiger partial charge on any atom is -0.320 e. The average Bonchev–Trinajstić information content (AvgIpc) is 2.67. The summed E-state index contributed by atoms with van der Waals surface area (Å²) in [7, 11) is 1.85. The van der Waals surface area contributed by atoms with Gasteiger partial charge in [0.25, 0.3) is 0 Å². The molecule has 1 atom stereocenters. The number of amides is 1. The lowest BCUT2D eigenvalue weighted by atomic mass is 9.96. The summed E-state index contributed by atoms with van der Waals surface area (Å²) in [6, 6.07) is 16.2. The van der Waals surface area contributed by atoms with Crippen LogP contribution in [0.2, 0.25) is 0 Å². The maximum absolute atomic E-state index is 11.9. The molecule has 1 unspecified atom stereocenters. The first-order valence-electron chi connectivity index (χ1n) is 7.37. The van der Waals surface area contributed by atoms with Crippen molar-refractivity contribution in [2.75, 3.05) is 11.9 Å². The van der Waals surface area contributed by atoms with E-state index in [9.17, 15) is 4.79 Å². The molecule has 2 aromatic carbocycles. The molecular formula is C18H20N2O. The Balaban J connectivity index is 1.96.